The molecule has 0 N–H and O–H groups in total. The number of carbonyl (C=O) groups is 1. The van der Waals surface area contributed by atoms with E-state index in [1.165, 1.54) is 11.3 Å². The summed E-state index contributed by atoms with van der Waals surface area (Å²) in [6.45, 7) is 2.59. The normalized spacial score (nSPS) is 10.8. The van der Waals surface area contributed by atoms with Crippen molar-refractivity contribution in [2.75, 3.05) is 11.4 Å². The van der Waals surface area contributed by atoms with Crippen LogP contribution in [0.5, 0.6) is 0 Å². The number of nitrogens with zero attached hydrogens (tertiary/aromatic N) is 1. The molecular formula is C17H14ClNOS. The number of halogens is 1. The Balaban J connectivity index is 2.08. The van der Waals surface area contributed by atoms with Crippen LogP contribution in [0, 0.1) is 0 Å². The molecule has 2 aromatic carbocycles. The topological polar surface area (TPSA) is 20.3 Å². The second-order valence-electron chi connectivity index (χ2n) is 4.65. The van der Waals surface area contributed by atoms with Gasteiger partial charge in [0.25, 0.3) is 5.91 Å². The van der Waals surface area contributed by atoms with Crippen LogP contribution in [0.4, 0.5) is 5.69 Å². The van der Waals surface area contributed by atoms with Gasteiger partial charge in [0, 0.05) is 11.9 Å². The van der Waals surface area contributed by atoms with Crippen molar-refractivity contribution in [1.82, 2.24) is 0 Å². The lowest BCUT2D eigenvalue weighted by Crippen LogP contribution is -2.30. The van der Waals surface area contributed by atoms with Crippen molar-refractivity contribution in [3.8, 4) is 0 Å². The first kappa shape index (κ1) is 14.1. The maximum atomic E-state index is 12.7. The Morgan fingerprint density at radius 2 is 1.86 bits per heavy atom. The second-order valence-corrected chi connectivity index (χ2v) is 6.37. The highest BCUT2D eigenvalue weighted by atomic mass is 35.5. The highest BCUT2D eigenvalue weighted by Crippen LogP contribution is 2.30. The largest absolute Gasteiger partial charge is 0.307 e. The van der Waals surface area contributed by atoms with E-state index in [0.29, 0.717) is 15.8 Å². The van der Waals surface area contributed by atoms with Crippen LogP contribution in [0.3, 0.4) is 0 Å². The molecule has 2 nitrogen and oxygen atoms in total. The first-order valence-corrected chi connectivity index (χ1v) is 7.95. The summed E-state index contributed by atoms with van der Waals surface area (Å²) >= 11 is 7.26. The monoisotopic (exact) mass is 315 g/mol. The Morgan fingerprint density at radius 1 is 1.10 bits per heavy atom. The molecular weight excluding hydrogens is 302 g/mol. The molecule has 106 valence electrons. The number of carbonyl (C=O) groups excluding carboxylic acids is 1. The zero-order valence-corrected chi connectivity index (χ0v) is 13.1. The van der Waals surface area contributed by atoms with E-state index in [2.05, 4.69) is 12.1 Å². The van der Waals surface area contributed by atoms with Crippen LogP contribution < -0.4 is 4.90 Å². The molecule has 0 saturated heterocycles. The van der Waals surface area contributed by atoms with Crippen LogP contribution in [0.15, 0.2) is 54.6 Å². The molecule has 3 aromatic rings. The molecule has 1 amide bonds. The fourth-order valence-electron chi connectivity index (χ4n) is 2.43. The zero-order chi connectivity index (χ0) is 14.8. The van der Waals surface area contributed by atoms with Gasteiger partial charge in [-0.25, -0.2) is 0 Å². The van der Waals surface area contributed by atoms with Crippen molar-refractivity contribution in [3.05, 3.63) is 63.8 Å². The maximum Gasteiger partial charge on any atom is 0.268 e. The van der Waals surface area contributed by atoms with E-state index in [4.69, 9.17) is 11.6 Å². The Labute approximate surface area is 132 Å². The van der Waals surface area contributed by atoms with E-state index >= 15 is 0 Å². The molecule has 21 heavy (non-hydrogen) atoms. The van der Waals surface area contributed by atoms with Crippen LogP contribution in [0.25, 0.3) is 10.8 Å². The number of rotatable bonds is 3. The standard InChI is InChI=1S/C17H14ClNOS/c1-2-19(17(20)15-10-11-16(18)21-15)14-9-5-7-12-6-3-4-8-13(12)14/h3-11H,2H2,1H3. The summed E-state index contributed by atoms with van der Waals surface area (Å²) in [6.07, 6.45) is 0. The molecule has 4 heteroatoms. The Hall–Kier alpha value is -1.84. The Bertz CT molecular complexity index is 791. The number of thiophene rings is 1. The van der Waals surface area contributed by atoms with Crippen molar-refractivity contribution in [3.63, 3.8) is 0 Å². The predicted octanol–water partition coefficient (Wildman–Crippen LogP) is 5.22. The number of hydrogen-bond donors (Lipinski definition) is 0. The third-order valence-electron chi connectivity index (χ3n) is 3.40. The third kappa shape index (κ3) is 2.67. The van der Waals surface area contributed by atoms with E-state index in [9.17, 15) is 4.79 Å². The van der Waals surface area contributed by atoms with Crippen molar-refractivity contribution in [2.24, 2.45) is 0 Å². The highest BCUT2D eigenvalue weighted by Gasteiger charge is 2.19. The Kier molecular flexibility index (Phi) is 3.95. The van der Waals surface area contributed by atoms with Crippen molar-refractivity contribution >= 4 is 45.3 Å². The first-order valence-electron chi connectivity index (χ1n) is 6.75. The van der Waals surface area contributed by atoms with Crippen LogP contribution >= 0.6 is 22.9 Å². The van der Waals surface area contributed by atoms with E-state index in [1.807, 2.05) is 37.3 Å². The van der Waals surface area contributed by atoms with Crippen LogP contribution in [-0.2, 0) is 0 Å². The van der Waals surface area contributed by atoms with Crippen molar-refractivity contribution in [1.29, 1.82) is 0 Å². The summed E-state index contributed by atoms with van der Waals surface area (Å²) < 4.78 is 0.632. The van der Waals surface area contributed by atoms with Crippen molar-refractivity contribution < 1.29 is 4.79 Å². The molecule has 0 unspecified atom stereocenters. The minimum absolute atomic E-state index is 0.00856. The minimum atomic E-state index is -0.00856. The van der Waals surface area contributed by atoms with Gasteiger partial charge in [-0.1, -0.05) is 48.0 Å². The molecule has 0 aliphatic carbocycles. The molecule has 0 atom stereocenters. The summed E-state index contributed by atoms with van der Waals surface area (Å²) in [7, 11) is 0. The fourth-order valence-corrected chi connectivity index (χ4v) is 3.42. The van der Waals surface area contributed by atoms with Gasteiger partial charge in [0.15, 0.2) is 0 Å². The molecule has 1 aromatic heterocycles. The van der Waals surface area contributed by atoms with Gasteiger partial charge in [-0.05, 0) is 30.5 Å². The number of benzene rings is 2. The SMILES string of the molecule is CCN(C(=O)c1ccc(Cl)s1)c1cccc2ccccc12. The molecule has 0 radical (unpaired) electrons. The van der Waals surface area contributed by atoms with Gasteiger partial charge in [-0.15, -0.1) is 11.3 Å². The van der Waals surface area contributed by atoms with Crippen LogP contribution in [0.1, 0.15) is 16.6 Å². The number of fused-ring (bicyclic) bond motifs is 1. The van der Waals surface area contributed by atoms with Gasteiger partial charge in [-0.2, -0.15) is 0 Å². The zero-order valence-electron chi connectivity index (χ0n) is 11.5. The number of amides is 1. The van der Waals surface area contributed by atoms with Gasteiger partial charge in [-0.3, -0.25) is 4.79 Å². The van der Waals surface area contributed by atoms with E-state index in [-0.39, 0.29) is 5.91 Å². The van der Waals surface area contributed by atoms with Gasteiger partial charge >= 0.3 is 0 Å². The predicted molar refractivity (Wildman–Crippen MR) is 90.6 cm³/mol. The molecule has 1 heterocycles. The average Bonchev–Trinajstić information content (AvgIpc) is 2.95. The number of anilines is 1. The smallest absolute Gasteiger partial charge is 0.268 e. The number of hydrogen-bond acceptors (Lipinski definition) is 2. The maximum absolute atomic E-state index is 12.7. The van der Waals surface area contributed by atoms with Crippen molar-refractivity contribution in [2.45, 2.75) is 6.92 Å². The molecule has 0 saturated carbocycles. The van der Waals surface area contributed by atoms with E-state index < -0.39 is 0 Å². The molecule has 0 spiro atoms. The van der Waals surface area contributed by atoms with E-state index in [0.717, 1.165) is 16.5 Å². The van der Waals surface area contributed by atoms with Crippen LogP contribution in [0.2, 0.25) is 4.34 Å². The lowest BCUT2D eigenvalue weighted by molar-refractivity contribution is 0.0992. The summed E-state index contributed by atoms with van der Waals surface area (Å²) in [5.41, 5.74) is 0.935. The molecule has 3 rings (SSSR count). The summed E-state index contributed by atoms with van der Waals surface area (Å²) in [6, 6.07) is 17.7. The first-order chi connectivity index (χ1) is 10.2. The summed E-state index contributed by atoms with van der Waals surface area (Å²) in [5.74, 6) is -0.00856. The van der Waals surface area contributed by atoms with Gasteiger partial charge in [0.1, 0.15) is 0 Å². The van der Waals surface area contributed by atoms with E-state index in [1.54, 1.807) is 17.0 Å². The van der Waals surface area contributed by atoms with Gasteiger partial charge in [0.05, 0.1) is 14.9 Å². The van der Waals surface area contributed by atoms with Gasteiger partial charge < -0.3 is 4.90 Å². The lowest BCUT2D eigenvalue weighted by atomic mass is 10.1. The highest BCUT2D eigenvalue weighted by molar-refractivity contribution is 7.18. The molecule has 0 fully saturated rings. The quantitative estimate of drug-likeness (QED) is 0.648. The second kappa shape index (κ2) is 5.88. The summed E-state index contributed by atoms with van der Waals surface area (Å²) in [4.78, 5) is 15.2. The average molecular weight is 316 g/mol. The molecule has 0 aliphatic heterocycles. The van der Waals surface area contributed by atoms with Crippen LogP contribution in [-0.4, -0.2) is 12.5 Å². The van der Waals surface area contributed by atoms with Gasteiger partial charge in [0.2, 0.25) is 0 Å². The third-order valence-corrected chi connectivity index (χ3v) is 4.62. The molecule has 0 bridgehead atoms. The lowest BCUT2D eigenvalue weighted by Gasteiger charge is -2.22. The summed E-state index contributed by atoms with van der Waals surface area (Å²) in [5, 5.41) is 2.21. The fraction of sp³-hybridized carbons (Fsp3) is 0.118. The Morgan fingerprint density at radius 3 is 2.57 bits per heavy atom. The molecule has 0 aliphatic rings. The minimum Gasteiger partial charge on any atom is -0.307 e.